The van der Waals surface area contributed by atoms with Crippen LogP contribution in [0.5, 0.6) is 0 Å². The molecule has 0 fully saturated rings. The molecule has 3 rings (SSSR count). The van der Waals surface area contributed by atoms with Crippen LogP contribution in [0.4, 0.5) is 10.2 Å². The van der Waals surface area contributed by atoms with Gasteiger partial charge in [0.1, 0.15) is 5.82 Å². The second-order valence-electron chi connectivity index (χ2n) is 4.32. The first-order valence-corrected chi connectivity index (χ1v) is 8.13. The summed E-state index contributed by atoms with van der Waals surface area (Å²) in [6, 6.07) is 3.97. The van der Waals surface area contributed by atoms with Crippen LogP contribution in [0.1, 0.15) is 13.8 Å². The van der Waals surface area contributed by atoms with Gasteiger partial charge in [-0.15, -0.1) is 0 Å². The summed E-state index contributed by atoms with van der Waals surface area (Å²) in [5, 5.41) is 22.6. The van der Waals surface area contributed by atoms with Gasteiger partial charge in [0.15, 0.2) is 5.69 Å². The molecule has 0 saturated carbocycles. The van der Waals surface area contributed by atoms with E-state index >= 15 is 0 Å². The second kappa shape index (κ2) is 8.53. The first kappa shape index (κ1) is 18.8. The quantitative estimate of drug-likeness (QED) is 0.650. The Morgan fingerprint density at radius 2 is 2.08 bits per heavy atom. The molecule has 0 aliphatic carbocycles. The van der Waals surface area contributed by atoms with Crippen molar-refractivity contribution in [3.63, 3.8) is 0 Å². The van der Waals surface area contributed by atoms with E-state index in [1.807, 2.05) is 13.8 Å². The van der Waals surface area contributed by atoms with Crippen LogP contribution < -0.4 is 11.1 Å². The lowest BCUT2D eigenvalue weighted by Gasteiger charge is -2.05. The van der Waals surface area contributed by atoms with Gasteiger partial charge < -0.3 is 10.4 Å². The maximum absolute atomic E-state index is 13.4. The Hall–Kier alpha value is -2.53. The van der Waals surface area contributed by atoms with E-state index in [-0.39, 0.29) is 35.0 Å². The summed E-state index contributed by atoms with van der Waals surface area (Å²) in [6.07, 6.45) is 0. The Balaban J connectivity index is 0.00000109. The topological polar surface area (TPSA) is 119 Å². The van der Waals surface area contributed by atoms with E-state index in [0.717, 1.165) is 4.57 Å². The van der Waals surface area contributed by atoms with Gasteiger partial charge in [-0.2, -0.15) is 0 Å². The van der Waals surface area contributed by atoms with Crippen molar-refractivity contribution in [3.8, 4) is 17.2 Å². The van der Waals surface area contributed by atoms with Crippen molar-refractivity contribution in [2.45, 2.75) is 13.8 Å². The van der Waals surface area contributed by atoms with E-state index in [0.29, 0.717) is 5.69 Å². The SMILES string of the molecule is CC.O=c1onc(-c2nonc2NCCO)n1-c1ccc(F)c(Br)c1. The predicted molar refractivity (Wildman–Crippen MR) is 90.0 cm³/mol. The number of halogens is 2. The van der Waals surface area contributed by atoms with Crippen molar-refractivity contribution >= 4 is 21.7 Å². The van der Waals surface area contributed by atoms with Gasteiger partial charge in [0.05, 0.1) is 16.8 Å². The number of benzene rings is 1. The summed E-state index contributed by atoms with van der Waals surface area (Å²) in [4.78, 5) is 11.9. The van der Waals surface area contributed by atoms with Crippen molar-refractivity contribution in [2.75, 3.05) is 18.5 Å². The van der Waals surface area contributed by atoms with Gasteiger partial charge in [-0.25, -0.2) is 18.4 Å². The number of nitrogens with one attached hydrogen (secondary N) is 1. The summed E-state index contributed by atoms with van der Waals surface area (Å²) in [6.45, 7) is 4.06. The lowest BCUT2D eigenvalue weighted by molar-refractivity contribution is 0.304. The van der Waals surface area contributed by atoms with Crippen LogP contribution in [0.2, 0.25) is 0 Å². The fourth-order valence-electron chi connectivity index (χ4n) is 1.88. The van der Waals surface area contributed by atoms with E-state index in [4.69, 9.17) is 5.11 Å². The molecule has 11 heteroatoms. The summed E-state index contributed by atoms with van der Waals surface area (Å²) in [7, 11) is 0. The molecule has 0 unspecified atom stereocenters. The highest BCUT2D eigenvalue weighted by Crippen LogP contribution is 2.25. The minimum absolute atomic E-state index is 0.0233. The molecular formula is C14H15BrFN5O4. The van der Waals surface area contributed by atoms with Gasteiger partial charge in [0.25, 0.3) is 0 Å². The van der Waals surface area contributed by atoms with Gasteiger partial charge in [-0.1, -0.05) is 19.0 Å². The highest BCUT2D eigenvalue weighted by Gasteiger charge is 2.22. The largest absolute Gasteiger partial charge is 0.446 e. The molecule has 0 aliphatic heterocycles. The van der Waals surface area contributed by atoms with E-state index in [1.54, 1.807) is 0 Å². The van der Waals surface area contributed by atoms with E-state index in [2.05, 4.69) is 45.9 Å². The van der Waals surface area contributed by atoms with E-state index in [1.165, 1.54) is 18.2 Å². The molecule has 0 spiro atoms. The van der Waals surface area contributed by atoms with Gasteiger partial charge in [-0.3, -0.25) is 4.52 Å². The smallest absolute Gasteiger partial charge is 0.395 e. The number of rotatable bonds is 5. The fourth-order valence-corrected chi connectivity index (χ4v) is 2.24. The van der Waals surface area contributed by atoms with Crippen molar-refractivity contribution < 1.29 is 18.6 Å². The first-order chi connectivity index (χ1) is 12.1. The Bertz CT molecular complexity index is 891. The number of aliphatic hydroxyl groups excluding tert-OH is 1. The molecule has 0 aliphatic rings. The molecule has 9 nitrogen and oxygen atoms in total. The molecule has 134 valence electrons. The average Bonchev–Trinajstić information content (AvgIpc) is 3.23. The van der Waals surface area contributed by atoms with Crippen LogP contribution >= 0.6 is 15.9 Å². The molecule has 2 heterocycles. The zero-order valence-electron chi connectivity index (χ0n) is 13.4. The Morgan fingerprint density at radius 3 is 2.76 bits per heavy atom. The maximum atomic E-state index is 13.4. The third kappa shape index (κ3) is 3.94. The third-order valence-corrected chi connectivity index (χ3v) is 3.48. The van der Waals surface area contributed by atoms with Crippen LogP contribution in [-0.2, 0) is 0 Å². The number of aliphatic hydroxyl groups is 1. The number of hydrogen-bond acceptors (Lipinski definition) is 8. The van der Waals surface area contributed by atoms with Crippen molar-refractivity contribution in [2.24, 2.45) is 0 Å². The molecule has 0 bridgehead atoms. The zero-order valence-corrected chi connectivity index (χ0v) is 14.9. The molecule has 0 saturated heterocycles. The third-order valence-electron chi connectivity index (χ3n) is 2.87. The molecular weight excluding hydrogens is 401 g/mol. The predicted octanol–water partition coefficient (Wildman–Crippen LogP) is 2.21. The normalized spacial score (nSPS) is 10.3. The van der Waals surface area contributed by atoms with Crippen molar-refractivity contribution in [3.05, 3.63) is 39.0 Å². The molecule has 2 aromatic heterocycles. The summed E-state index contributed by atoms with van der Waals surface area (Å²) in [5.41, 5.74) is 0.431. The van der Waals surface area contributed by atoms with Crippen LogP contribution in [0.3, 0.4) is 0 Å². The second-order valence-corrected chi connectivity index (χ2v) is 5.17. The molecule has 1 aromatic carbocycles. The highest BCUT2D eigenvalue weighted by atomic mass is 79.9. The summed E-state index contributed by atoms with van der Waals surface area (Å²) >= 11 is 3.05. The lowest BCUT2D eigenvalue weighted by atomic mass is 10.3. The Kier molecular flexibility index (Phi) is 6.42. The van der Waals surface area contributed by atoms with E-state index < -0.39 is 11.6 Å². The first-order valence-electron chi connectivity index (χ1n) is 7.33. The monoisotopic (exact) mass is 415 g/mol. The standard InChI is InChI=1S/C12H9BrFN5O4.C2H6/c13-7-5-6(1-2-8(7)14)19-11(18-22-12(19)21)9-10(15-3-4-20)17-23-16-9;1-2/h1-2,5,20H,3-4H2,(H,15,17);1-2H3. The van der Waals surface area contributed by atoms with Crippen LogP contribution in [0.25, 0.3) is 17.2 Å². The van der Waals surface area contributed by atoms with Crippen LogP contribution in [0, 0.1) is 5.82 Å². The zero-order chi connectivity index (χ0) is 18.4. The van der Waals surface area contributed by atoms with Gasteiger partial charge in [0, 0.05) is 6.54 Å². The van der Waals surface area contributed by atoms with Crippen LogP contribution in [-0.4, -0.2) is 38.3 Å². The molecule has 0 atom stereocenters. The van der Waals surface area contributed by atoms with Gasteiger partial charge in [-0.05, 0) is 44.4 Å². The van der Waals surface area contributed by atoms with E-state index in [9.17, 15) is 9.18 Å². The fraction of sp³-hybridized carbons (Fsp3) is 0.286. The van der Waals surface area contributed by atoms with Gasteiger partial charge >= 0.3 is 5.76 Å². The molecule has 0 amide bonds. The molecule has 3 aromatic rings. The molecule has 2 N–H and O–H groups in total. The number of nitrogens with zero attached hydrogens (tertiary/aromatic N) is 4. The number of anilines is 1. The Morgan fingerprint density at radius 1 is 1.32 bits per heavy atom. The van der Waals surface area contributed by atoms with Crippen LogP contribution in [0.15, 0.2) is 36.6 Å². The molecule has 25 heavy (non-hydrogen) atoms. The summed E-state index contributed by atoms with van der Waals surface area (Å²) < 4.78 is 23.9. The minimum Gasteiger partial charge on any atom is -0.395 e. The van der Waals surface area contributed by atoms with Crippen molar-refractivity contribution in [1.29, 1.82) is 0 Å². The molecule has 0 radical (unpaired) electrons. The maximum Gasteiger partial charge on any atom is 0.446 e. The summed E-state index contributed by atoms with van der Waals surface area (Å²) in [5.74, 6) is -1.06. The van der Waals surface area contributed by atoms with Crippen molar-refractivity contribution in [1.82, 2.24) is 20.0 Å². The average molecular weight is 416 g/mol. The highest BCUT2D eigenvalue weighted by molar-refractivity contribution is 9.10. The number of hydrogen-bond donors (Lipinski definition) is 2. The van der Waals surface area contributed by atoms with Gasteiger partial charge in [0.2, 0.25) is 11.6 Å². The minimum atomic E-state index is -0.783. The lowest BCUT2D eigenvalue weighted by Crippen LogP contribution is -2.14. The Labute approximate surface area is 149 Å². The number of aromatic nitrogens is 4.